The topological polar surface area (TPSA) is 39.2 Å². The molecule has 0 unspecified atom stereocenters. The number of carbonyl (C=O) groups excluding carboxylic acids is 1. The Morgan fingerprint density at radius 2 is 2.64 bits per heavy atom. The number of hydrogen-bond acceptors (Lipinski definition) is 2. The molecule has 0 aliphatic carbocycles. The third-order valence-electron chi connectivity index (χ3n) is 1.28. The highest BCUT2D eigenvalue weighted by Crippen LogP contribution is 1.98. The maximum atomic E-state index is 10.8. The normalized spacial score (nSPS) is 9.09. The number of aromatic nitrogens is 2. The Morgan fingerprint density at radius 1 is 1.91 bits per heavy atom. The molecule has 1 rings (SSSR count). The summed E-state index contributed by atoms with van der Waals surface area (Å²) < 4.78 is 1.37. The summed E-state index contributed by atoms with van der Waals surface area (Å²) in [5, 5.41) is 0. The maximum absolute atomic E-state index is 10.8. The summed E-state index contributed by atoms with van der Waals surface area (Å²) in [6, 6.07) is 0. The summed E-state index contributed by atoms with van der Waals surface area (Å²) >= 11 is 0. The first-order chi connectivity index (χ1) is 5.25. The van der Waals surface area contributed by atoms with Crippen molar-refractivity contribution in [2.45, 2.75) is 13.5 Å². The molecule has 56 valence electrons. The molecule has 4 heteroatoms. The van der Waals surface area contributed by atoms with E-state index in [0.29, 0.717) is 5.82 Å². The van der Waals surface area contributed by atoms with E-state index in [1.165, 1.54) is 17.7 Å². The van der Waals surface area contributed by atoms with Gasteiger partial charge in [-0.1, -0.05) is 0 Å². The minimum absolute atomic E-state index is 0.110. The lowest BCUT2D eigenvalue weighted by Gasteiger charge is -1.95. The summed E-state index contributed by atoms with van der Waals surface area (Å²) in [7, 11) is 0. The Kier molecular flexibility index (Phi) is 2.02. The quantitative estimate of drug-likeness (QED) is 0.558. The molecule has 0 radical (unpaired) electrons. The zero-order valence-corrected chi connectivity index (χ0v) is 6.11. The average molecular weight is 149 g/mol. The van der Waals surface area contributed by atoms with Crippen LogP contribution in [0.1, 0.15) is 17.5 Å². The van der Waals surface area contributed by atoms with Crippen LogP contribution in [-0.4, -0.2) is 15.5 Å². The Balaban J connectivity index is 2.98. The number of carbonyl (C=O) groups is 1. The van der Waals surface area contributed by atoms with Gasteiger partial charge in [0.25, 0.3) is 6.54 Å². The van der Waals surface area contributed by atoms with Crippen molar-refractivity contribution < 1.29 is 4.79 Å². The minimum Gasteiger partial charge on any atom is -0.308 e. The fourth-order valence-electron chi connectivity index (χ4n) is 0.809. The number of imidazole rings is 1. The van der Waals surface area contributed by atoms with Gasteiger partial charge in [-0.2, -0.15) is 0 Å². The highest BCUT2D eigenvalue weighted by Gasteiger charge is 2.06. The fraction of sp³-hybridized carbons (Fsp3) is 0.286. The summed E-state index contributed by atoms with van der Waals surface area (Å²) in [6.45, 7) is 8.18. The van der Waals surface area contributed by atoms with Gasteiger partial charge in [-0.3, -0.25) is 9.36 Å². The molecule has 1 heterocycles. The predicted octanol–water partition coefficient (Wildman–Crippen LogP) is 0.962. The second-order valence-corrected chi connectivity index (χ2v) is 2.05. The lowest BCUT2D eigenvalue weighted by molar-refractivity contribution is 0.0933. The number of hydrogen-bond donors (Lipinski definition) is 0. The van der Waals surface area contributed by atoms with Crippen molar-refractivity contribution in [2.75, 3.05) is 0 Å². The van der Waals surface area contributed by atoms with Crippen LogP contribution in [0.3, 0.4) is 0 Å². The van der Waals surface area contributed by atoms with Crippen LogP contribution >= 0.6 is 0 Å². The molecule has 0 fully saturated rings. The Hall–Kier alpha value is -1.63. The van der Waals surface area contributed by atoms with Gasteiger partial charge in [0.2, 0.25) is 5.91 Å². The first-order valence-corrected chi connectivity index (χ1v) is 3.12. The Morgan fingerprint density at radius 3 is 3.18 bits per heavy atom. The standard InChI is InChI=1S/C7H7N3O/c1-6(11)10-4-3-9-7(10)5-8-2/h3-4H,5H2,1H3. The molecule has 0 bridgehead atoms. The molecular weight excluding hydrogens is 142 g/mol. The lowest BCUT2D eigenvalue weighted by atomic mass is 10.5. The summed E-state index contributed by atoms with van der Waals surface area (Å²) in [4.78, 5) is 17.8. The summed E-state index contributed by atoms with van der Waals surface area (Å²) in [5.74, 6) is 0.397. The molecule has 0 aliphatic heterocycles. The molecule has 0 N–H and O–H groups in total. The van der Waals surface area contributed by atoms with Gasteiger partial charge in [0.05, 0.1) is 0 Å². The van der Waals surface area contributed by atoms with E-state index in [1.807, 2.05) is 0 Å². The van der Waals surface area contributed by atoms with Crippen LogP contribution in [-0.2, 0) is 6.54 Å². The van der Waals surface area contributed by atoms with Crippen LogP contribution in [0, 0.1) is 6.57 Å². The van der Waals surface area contributed by atoms with Gasteiger partial charge in [0.1, 0.15) is 0 Å². The SMILES string of the molecule is [C-]#[N+]Cc1nccn1C(C)=O. The Labute approximate surface area is 64.3 Å². The van der Waals surface area contributed by atoms with Gasteiger partial charge >= 0.3 is 0 Å². The molecule has 4 nitrogen and oxygen atoms in total. The van der Waals surface area contributed by atoms with Crippen LogP contribution in [0.15, 0.2) is 12.4 Å². The zero-order chi connectivity index (χ0) is 8.27. The van der Waals surface area contributed by atoms with Gasteiger partial charge < -0.3 is 4.85 Å². The second-order valence-electron chi connectivity index (χ2n) is 2.05. The van der Waals surface area contributed by atoms with Crippen LogP contribution in [0.4, 0.5) is 0 Å². The van der Waals surface area contributed by atoms with E-state index in [-0.39, 0.29) is 12.5 Å². The van der Waals surface area contributed by atoms with E-state index < -0.39 is 0 Å². The molecule has 0 spiro atoms. The van der Waals surface area contributed by atoms with E-state index in [0.717, 1.165) is 0 Å². The van der Waals surface area contributed by atoms with Crippen molar-refractivity contribution in [2.24, 2.45) is 0 Å². The average Bonchev–Trinajstić information content (AvgIpc) is 2.36. The lowest BCUT2D eigenvalue weighted by Crippen LogP contribution is -2.07. The van der Waals surface area contributed by atoms with Crippen LogP contribution in [0.2, 0.25) is 0 Å². The zero-order valence-electron chi connectivity index (χ0n) is 6.11. The first-order valence-electron chi connectivity index (χ1n) is 3.12. The predicted molar refractivity (Wildman–Crippen MR) is 38.8 cm³/mol. The third kappa shape index (κ3) is 1.44. The van der Waals surface area contributed by atoms with Crippen LogP contribution < -0.4 is 0 Å². The van der Waals surface area contributed by atoms with Gasteiger partial charge in [0, 0.05) is 19.3 Å². The second kappa shape index (κ2) is 2.97. The van der Waals surface area contributed by atoms with Crippen LogP contribution in [0.25, 0.3) is 4.85 Å². The maximum Gasteiger partial charge on any atom is 0.272 e. The van der Waals surface area contributed by atoms with Crippen molar-refractivity contribution >= 4 is 5.91 Å². The molecule has 0 amide bonds. The number of rotatable bonds is 1. The highest BCUT2D eigenvalue weighted by atomic mass is 16.1. The largest absolute Gasteiger partial charge is 0.308 e. The van der Waals surface area contributed by atoms with Gasteiger partial charge in [-0.15, -0.1) is 0 Å². The van der Waals surface area contributed by atoms with Gasteiger partial charge in [-0.25, -0.2) is 11.6 Å². The fourth-order valence-corrected chi connectivity index (χ4v) is 0.809. The van der Waals surface area contributed by atoms with Crippen molar-refractivity contribution in [3.05, 3.63) is 29.6 Å². The smallest absolute Gasteiger partial charge is 0.272 e. The first kappa shape index (κ1) is 7.48. The third-order valence-corrected chi connectivity index (χ3v) is 1.28. The van der Waals surface area contributed by atoms with Crippen molar-refractivity contribution in [3.63, 3.8) is 0 Å². The molecule has 0 saturated heterocycles. The van der Waals surface area contributed by atoms with E-state index in [1.54, 1.807) is 6.20 Å². The van der Waals surface area contributed by atoms with Crippen molar-refractivity contribution in [1.82, 2.24) is 9.55 Å². The summed E-state index contributed by atoms with van der Waals surface area (Å²) in [5.41, 5.74) is 0. The van der Waals surface area contributed by atoms with E-state index in [4.69, 9.17) is 6.57 Å². The molecule has 1 aromatic rings. The minimum atomic E-state index is -0.110. The molecule has 11 heavy (non-hydrogen) atoms. The van der Waals surface area contributed by atoms with E-state index in [9.17, 15) is 4.79 Å². The van der Waals surface area contributed by atoms with Crippen molar-refractivity contribution in [3.8, 4) is 0 Å². The molecule has 0 atom stereocenters. The molecule has 0 saturated carbocycles. The van der Waals surface area contributed by atoms with E-state index >= 15 is 0 Å². The van der Waals surface area contributed by atoms with Gasteiger partial charge in [-0.05, 0) is 0 Å². The molecule has 0 aliphatic rings. The number of nitrogens with zero attached hydrogens (tertiary/aromatic N) is 3. The highest BCUT2D eigenvalue weighted by molar-refractivity contribution is 5.76. The van der Waals surface area contributed by atoms with Crippen molar-refractivity contribution in [1.29, 1.82) is 0 Å². The van der Waals surface area contributed by atoms with Gasteiger partial charge in [0.15, 0.2) is 5.82 Å². The molecule has 0 aromatic carbocycles. The van der Waals surface area contributed by atoms with E-state index in [2.05, 4.69) is 9.83 Å². The molecule has 1 aromatic heterocycles. The summed E-state index contributed by atoms with van der Waals surface area (Å²) in [6.07, 6.45) is 3.07. The Bertz CT molecular complexity index is 308. The monoisotopic (exact) mass is 149 g/mol. The molecular formula is C7H7N3O. The van der Waals surface area contributed by atoms with Crippen LogP contribution in [0.5, 0.6) is 0 Å².